The number of carbonyl (C=O) groups excluding carboxylic acids is 1. The van der Waals surface area contributed by atoms with E-state index in [0.717, 1.165) is 17.9 Å². The number of esters is 1. The Morgan fingerprint density at radius 3 is 2.83 bits per heavy atom. The Bertz CT molecular complexity index is 382. The van der Waals surface area contributed by atoms with Crippen molar-refractivity contribution >= 4 is 23.4 Å². The molecule has 0 aliphatic heterocycles. The molecule has 4 heteroatoms. The van der Waals surface area contributed by atoms with Crippen molar-refractivity contribution in [3.05, 3.63) is 29.8 Å². The molecule has 18 heavy (non-hydrogen) atoms. The molecule has 1 N–H and O–H groups in total. The van der Waals surface area contributed by atoms with E-state index in [-0.39, 0.29) is 12.0 Å². The fourth-order valence-electron chi connectivity index (χ4n) is 1.61. The summed E-state index contributed by atoms with van der Waals surface area (Å²) in [6.45, 7) is 4.40. The molecule has 3 nitrogen and oxygen atoms in total. The fraction of sp³-hybridized carbons (Fsp3) is 0.500. The molecule has 0 bridgehead atoms. The number of nitrogens with one attached hydrogen (secondary N) is 1. The predicted octanol–water partition coefficient (Wildman–Crippen LogP) is 2.96. The van der Waals surface area contributed by atoms with Crippen molar-refractivity contribution < 1.29 is 9.53 Å². The number of para-hydroxylation sites is 1. The maximum Gasteiger partial charge on any atom is 0.328 e. The SMILES string of the molecule is CCc1ccccc1N[C@@H](C)C(=O)OCCSC. The number of carbonyl (C=O) groups is 1. The van der Waals surface area contributed by atoms with Crippen LogP contribution in [0.15, 0.2) is 24.3 Å². The van der Waals surface area contributed by atoms with E-state index < -0.39 is 0 Å². The van der Waals surface area contributed by atoms with Crippen LogP contribution in [0.1, 0.15) is 19.4 Å². The van der Waals surface area contributed by atoms with E-state index in [4.69, 9.17) is 4.74 Å². The van der Waals surface area contributed by atoms with Crippen LogP contribution in [0.5, 0.6) is 0 Å². The summed E-state index contributed by atoms with van der Waals surface area (Å²) in [5, 5.41) is 3.21. The minimum Gasteiger partial charge on any atom is -0.463 e. The van der Waals surface area contributed by atoms with E-state index in [0.29, 0.717) is 6.61 Å². The Balaban J connectivity index is 2.52. The predicted molar refractivity (Wildman–Crippen MR) is 78.2 cm³/mol. The molecular formula is C14H21NO2S. The minimum absolute atomic E-state index is 0.199. The first-order chi connectivity index (χ1) is 8.69. The maximum absolute atomic E-state index is 11.7. The van der Waals surface area contributed by atoms with Crippen molar-refractivity contribution in [1.29, 1.82) is 0 Å². The molecule has 1 aromatic carbocycles. The average Bonchev–Trinajstić information content (AvgIpc) is 2.39. The summed E-state index contributed by atoms with van der Waals surface area (Å²) >= 11 is 1.67. The number of rotatable bonds is 7. The van der Waals surface area contributed by atoms with Crippen molar-refractivity contribution in [1.82, 2.24) is 0 Å². The highest BCUT2D eigenvalue weighted by atomic mass is 32.2. The van der Waals surface area contributed by atoms with Crippen LogP contribution in [0, 0.1) is 0 Å². The van der Waals surface area contributed by atoms with Crippen LogP contribution >= 0.6 is 11.8 Å². The topological polar surface area (TPSA) is 38.3 Å². The Morgan fingerprint density at radius 2 is 2.17 bits per heavy atom. The summed E-state index contributed by atoms with van der Waals surface area (Å²) in [5.74, 6) is 0.638. The number of aryl methyl sites for hydroxylation is 1. The molecule has 1 rings (SSSR count). The fourth-order valence-corrected chi connectivity index (χ4v) is 1.86. The van der Waals surface area contributed by atoms with Crippen molar-refractivity contribution in [2.75, 3.05) is 23.9 Å². The van der Waals surface area contributed by atoms with E-state index in [1.165, 1.54) is 5.56 Å². The minimum atomic E-state index is -0.320. The van der Waals surface area contributed by atoms with Gasteiger partial charge in [0.25, 0.3) is 0 Å². The molecule has 0 spiro atoms. The van der Waals surface area contributed by atoms with Gasteiger partial charge >= 0.3 is 5.97 Å². The highest BCUT2D eigenvalue weighted by Crippen LogP contribution is 2.16. The average molecular weight is 267 g/mol. The molecule has 0 heterocycles. The highest BCUT2D eigenvalue weighted by Gasteiger charge is 2.14. The summed E-state index contributed by atoms with van der Waals surface area (Å²) < 4.78 is 5.17. The second kappa shape index (κ2) is 8.03. The van der Waals surface area contributed by atoms with Crippen molar-refractivity contribution in [2.24, 2.45) is 0 Å². The summed E-state index contributed by atoms with van der Waals surface area (Å²) in [5.41, 5.74) is 2.22. The van der Waals surface area contributed by atoms with Crippen molar-refractivity contribution in [3.63, 3.8) is 0 Å². The molecule has 100 valence electrons. The number of hydrogen-bond donors (Lipinski definition) is 1. The van der Waals surface area contributed by atoms with Gasteiger partial charge in [0.15, 0.2) is 0 Å². The van der Waals surface area contributed by atoms with Gasteiger partial charge in [-0.25, -0.2) is 4.79 Å². The largest absolute Gasteiger partial charge is 0.463 e. The Hall–Kier alpha value is -1.16. The van der Waals surface area contributed by atoms with Gasteiger partial charge in [-0.05, 0) is 31.2 Å². The zero-order chi connectivity index (χ0) is 13.4. The van der Waals surface area contributed by atoms with Gasteiger partial charge in [-0.15, -0.1) is 0 Å². The van der Waals surface area contributed by atoms with Crippen molar-refractivity contribution in [3.8, 4) is 0 Å². The second-order valence-corrected chi connectivity index (χ2v) is 5.02. The summed E-state index contributed by atoms with van der Waals surface area (Å²) in [4.78, 5) is 11.7. The molecule has 0 amide bonds. The van der Waals surface area contributed by atoms with E-state index in [1.54, 1.807) is 11.8 Å². The third-order valence-electron chi connectivity index (χ3n) is 2.66. The lowest BCUT2D eigenvalue weighted by Crippen LogP contribution is -2.29. The number of thioether (sulfide) groups is 1. The lowest BCUT2D eigenvalue weighted by Gasteiger charge is -2.16. The smallest absolute Gasteiger partial charge is 0.328 e. The van der Waals surface area contributed by atoms with E-state index in [2.05, 4.69) is 18.3 Å². The standard InChI is InChI=1S/C14H21NO2S/c1-4-12-7-5-6-8-13(12)15-11(2)14(16)17-9-10-18-3/h5-8,11,15H,4,9-10H2,1-3H3/t11-/m0/s1. The number of hydrogen-bond acceptors (Lipinski definition) is 4. The summed E-state index contributed by atoms with van der Waals surface area (Å²) in [6.07, 6.45) is 2.93. The molecule has 0 saturated heterocycles. The second-order valence-electron chi connectivity index (χ2n) is 4.04. The molecule has 1 atom stereocenters. The molecular weight excluding hydrogens is 246 g/mol. The molecule has 0 aromatic heterocycles. The third-order valence-corrected chi connectivity index (χ3v) is 3.23. The monoisotopic (exact) mass is 267 g/mol. The number of benzene rings is 1. The maximum atomic E-state index is 11.7. The molecule has 1 aromatic rings. The molecule has 0 aliphatic rings. The summed E-state index contributed by atoms with van der Waals surface area (Å²) in [6, 6.07) is 7.71. The van der Waals surface area contributed by atoms with E-state index in [9.17, 15) is 4.79 Å². The lowest BCUT2D eigenvalue weighted by molar-refractivity contribution is -0.143. The molecule has 0 radical (unpaired) electrons. The number of anilines is 1. The van der Waals surface area contributed by atoms with Gasteiger partial charge in [0.1, 0.15) is 12.6 Å². The zero-order valence-corrected chi connectivity index (χ0v) is 12.0. The first kappa shape index (κ1) is 14.9. The Kier molecular flexibility index (Phi) is 6.65. The number of ether oxygens (including phenoxy) is 1. The Labute approximate surface area is 113 Å². The van der Waals surface area contributed by atoms with Crippen LogP contribution in [0.2, 0.25) is 0 Å². The van der Waals surface area contributed by atoms with Crippen LogP contribution in [-0.4, -0.2) is 30.6 Å². The van der Waals surface area contributed by atoms with Crippen LogP contribution in [0.25, 0.3) is 0 Å². The van der Waals surface area contributed by atoms with Gasteiger partial charge in [-0.3, -0.25) is 0 Å². The highest BCUT2D eigenvalue weighted by molar-refractivity contribution is 7.98. The van der Waals surface area contributed by atoms with E-state index in [1.807, 2.05) is 31.4 Å². The van der Waals surface area contributed by atoms with Gasteiger partial charge in [-0.1, -0.05) is 25.1 Å². The van der Waals surface area contributed by atoms with E-state index >= 15 is 0 Å². The van der Waals surface area contributed by atoms with Crippen LogP contribution in [0.3, 0.4) is 0 Å². The molecule has 0 unspecified atom stereocenters. The molecule has 0 saturated carbocycles. The van der Waals surface area contributed by atoms with Crippen molar-refractivity contribution in [2.45, 2.75) is 26.3 Å². The van der Waals surface area contributed by atoms with Gasteiger partial charge in [0.2, 0.25) is 0 Å². The first-order valence-corrected chi connectivity index (χ1v) is 7.58. The van der Waals surface area contributed by atoms with Gasteiger partial charge < -0.3 is 10.1 Å². The quantitative estimate of drug-likeness (QED) is 0.609. The van der Waals surface area contributed by atoms with Gasteiger partial charge in [-0.2, -0.15) is 11.8 Å². The molecule has 0 fully saturated rings. The first-order valence-electron chi connectivity index (χ1n) is 6.19. The normalized spacial score (nSPS) is 11.9. The van der Waals surface area contributed by atoms with Gasteiger partial charge in [0.05, 0.1) is 0 Å². The lowest BCUT2D eigenvalue weighted by atomic mass is 10.1. The summed E-state index contributed by atoms with van der Waals surface area (Å²) in [7, 11) is 0. The van der Waals surface area contributed by atoms with Crippen LogP contribution in [-0.2, 0) is 16.0 Å². The zero-order valence-electron chi connectivity index (χ0n) is 11.2. The third kappa shape index (κ3) is 4.61. The van der Waals surface area contributed by atoms with Gasteiger partial charge in [0, 0.05) is 11.4 Å². The van der Waals surface area contributed by atoms with Crippen LogP contribution in [0.4, 0.5) is 5.69 Å². The molecule has 0 aliphatic carbocycles. The Morgan fingerprint density at radius 1 is 1.44 bits per heavy atom. The van der Waals surface area contributed by atoms with Crippen LogP contribution < -0.4 is 5.32 Å².